The molecule has 90 valence electrons. The van der Waals surface area contributed by atoms with Gasteiger partial charge in [0.05, 0.1) is 0 Å². The van der Waals surface area contributed by atoms with E-state index in [1.165, 1.54) is 5.56 Å². The average molecular weight is 241 g/mol. The van der Waals surface area contributed by atoms with Gasteiger partial charge in [0.15, 0.2) is 0 Å². The molecule has 0 aliphatic rings. The Kier molecular flexibility index (Phi) is 4.78. The Hall–Kier alpha value is -0.570. The van der Waals surface area contributed by atoms with Gasteiger partial charge in [0, 0.05) is 23.7 Å². The molecular weight excluding hydrogens is 220 g/mol. The van der Waals surface area contributed by atoms with Gasteiger partial charge in [-0.15, -0.1) is 0 Å². The highest BCUT2D eigenvalue weighted by atomic mass is 35.5. The smallest absolute Gasteiger partial charge is 0.0406 e. The van der Waals surface area contributed by atoms with Gasteiger partial charge in [-0.3, -0.25) is 0 Å². The van der Waals surface area contributed by atoms with E-state index in [1.54, 1.807) is 0 Å². The summed E-state index contributed by atoms with van der Waals surface area (Å²) >= 11 is 5.84. The van der Waals surface area contributed by atoms with E-state index >= 15 is 0 Å². The van der Waals surface area contributed by atoms with E-state index in [2.05, 4.69) is 37.9 Å². The van der Waals surface area contributed by atoms with Crippen LogP contribution in [0.25, 0.3) is 0 Å². The van der Waals surface area contributed by atoms with Crippen LogP contribution >= 0.6 is 11.6 Å². The molecule has 0 saturated heterocycles. The van der Waals surface area contributed by atoms with E-state index in [0.29, 0.717) is 0 Å². The number of rotatable bonds is 5. The van der Waals surface area contributed by atoms with Crippen molar-refractivity contribution in [3.05, 3.63) is 34.9 Å². The molecule has 2 N–H and O–H groups in total. The van der Waals surface area contributed by atoms with Gasteiger partial charge in [0.25, 0.3) is 0 Å². The molecule has 0 aliphatic heterocycles. The first-order valence-corrected chi connectivity index (χ1v) is 6.02. The Morgan fingerprint density at radius 2 is 1.88 bits per heavy atom. The van der Waals surface area contributed by atoms with Crippen LogP contribution in [0, 0.1) is 0 Å². The lowest BCUT2D eigenvalue weighted by atomic mass is 10.00. The molecule has 0 heterocycles. The quantitative estimate of drug-likeness (QED) is 0.858. The monoisotopic (exact) mass is 240 g/mol. The zero-order valence-corrected chi connectivity index (χ0v) is 11.1. The number of nitrogens with two attached hydrogens (primary N) is 1. The van der Waals surface area contributed by atoms with Crippen LogP contribution in [-0.4, -0.2) is 24.0 Å². The number of hydrogen-bond donors (Lipinski definition) is 1. The Morgan fingerprint density at radius 3 is 2.38 bits per heavy atom. The normalized spacial score (nSPS) is 15.1. The molecule has 16 heavy (non-hydrogen) atoms. The average Bonchev–Trinajstić information content (AvgIpc) is 2.21. The summed E-state index contributed by atoms with van der Waals surface area (Å²) in [5, 5.41) is 0.781. The third-order valence-corrected chi connectivity index (χ3v) is 3.06. The van der Waals surface area contributed by atoms with Crippen molar-refractivity contribution in [1.82, 2.24) is 4.90 Å². The fraction of sp³-hybridized carbons (Fsp3) is 0.538. The molecule has 1 aromatic rings. The first kappa shape index (κ1) is 13.5. The van der Waals surface area contributed by atoms with Crippen LogP contribution in [0.5, 0.6) is 0 Å². The van der Waals surface area contributed by atoms with Crippen molar-refractivity contribution in [2.24, 2.45) is 5.73 Å². The molecule has 0 aliphatic carbocycles. The Morgan fingerprint density at radius 1 is 1.31 bits per heavy atom. The number of nitrogens with zero attached hydrogens (tertiary/aromatic N) is 1. The summed E-state index contributed by atoms with van der Waals surface area (Å²) in [5.41, 5.74) is 7.28. The molecule has 0 fully saturated rings. The van der Waals surface area contributed by atoms with E-state index in [9.17, 15) is 0 Å². The van der Waals surface area contributed by atoms with Crippen LogP contribution in [0.1, 0.15) is 25.8 Å². The van der Waals surface area contributed by atoms with Crippen LogP contribution in [0.2, 0.25) is 5.02 Å². The zero-order valence-electron chi connectivity index (χ0n) is 10.3. The van der Waals surface area contributed by atoms with Gasteiger partial charge in [-0.2, -0.15) is 0 Å². The number of likely N-dealkylation sites (N-methyl/N-ethyl adjacent to an activating group) is 1. The van der Waals surface area contributed by atoms with Crippen molar-refractivity contribution >= 4 is 11.6 Å². The highest BCUT2D eigenvalue weighted by Crippen LogP contribution is 2.13. The van der Waals surface area contributed by atoms with E-state index in [-0.39, 0.29) is 5.54 Å². The fourth-order valence-corrected chi connectivity index (χ4v) is 1.81. The predicted octanol–water partition coefficient (Wildman–Crippen LogP) is 2.90. The summed E-state index contributed by atoms with van der Waals surface area (Å²) in [6, 6.07) is 7.95. The van der Waals surface area contributed by atoms with Crippen LogP contribution in [0.15, 0.2) is 24.3 Å². The second kappa shape index (κ2) is 5.67. The zero-order chi connectivity index (χ0) is 12.2. The SMILES string of the molecule is CCC(C)(N)CN(C)Cc1ccc(Cl)cc1. The lowest BCUT2D eigenvalue weighted by molar-refractivity contribution is 0.246. The van der Waals surface area contributed by atoms with Gasteiger partial charge >= 0.3 is 0 Å². The van der Waals surface area contributed by atoms with Crippen LogP contribution in [0.4, 0.5) is 0 Å². The minimum absolute atomic E-state index is 0.110. The van der Waals surface area contributed by atoms with Gasteiger partial charge in [-0.05, 0) is 38.1 Å². The van der Waals surface area contributed by atoms with Crippen molar-refractivity contribution < 1.29 is 0 Å². The molecule has 0 saturated carbocycles. The molecule has 1 unspecified atom stereocenters. The van der Waals surface area contributed by atoms with Gasteiger partial charge in [-0.1, -0.05) is 30.7 Å². The molecule has 3 heteroatoms. The molecule has 0 spiro atoms. The summed E-state index contributed by atoms with van der Waals surface area (Å²) in [4.78, 5) is 2.24. The summed E-state index contributed by atoms with van der Waals surface area (Å²) < 4.78 is 0. The molecule has 0 aromatic heterocycles. The number of halogens is 1. The van der Waals surface area contributed by atoms with E-state index in [4.69, 9.17) is 17.3 Å². The topological polar surface area (TPSA) is 29.3 Å². The van der Waals surface area contributed by atoms with Gasteiger partial charge in [0.2, 0.25) is 0 Å². The maximum atomic E-state index is 6.13. The van der Waals surface area contributed by atoms with Crippen LogP contribution in [0.3, 0.4) is 0 Å². The molecule has 1 aromatic carbocycles. The second-order valence-corrected chi connectivity index (χ2v) is 5.24. The molecule has 0 amide bonds. The van der Waals surface area contributed by atoms with Crippen molar-refractivity contribution in [3.63, 3.8) is 0 Å². The molecule has 1 atom stereocenters. The third kappa shape index (κ3) is 4.52. The second-order valence-electron chi connectivity index (χ2n) is 4.81. The highest BCUT2D eigenvalue weighted by Gasteiger charge is 2.17. The van der Waals surface area contributed by atoms with Crippen LogP contribution in [-0.2, 0) is 6.54 Å². The molecule has 0 bridgehead atoms. The molecular formula is C13H21ClN2. The molecule has 1 rings (SSSR count). The Labute approximate surface area is 103 Å². The summed E-state index contributed by atoms with van der Waals surface area (Å²) in [6.07, 6.45) is 0.984. The van der Waals surface area contributed by atoms with Gasteiger partial charge < -0.3 is 10.6 Å². The van der Waals surface area contributed by atoms with Gasteiger partial charge in [0.1, 0.15) is 0 Å². The number of benzene rings is 1. The standard InChI is InChI=1S/C13H21ClN2/c1-4-13(2,15)10-16(3)9-11-5-7-12(14)8-6-11/h5-8H,4,9-10,15H2,1-3H3. The van der Waals surface area contributed by atoms with Crippen molar-refractivity contribution in [3.8, 4) is 0 Å². The molecule has 0 radical (unpaired) electrons. The Balaban J connectivity index is 2.51. The largest absolute Gasteiger partial charge is 0.324 e. The van der Waals surface area contributed by atoms with Gasteiger partial charge in [-0.25, -0.2) is 0 Å². The Bertz CT molecular complexity index is 319. The highest BCUT2D eigenvalue weighted by molar-refractivity contribution is 6.30. The lowest BCUT2D eigenvalue weighted by Crippen LogP contribution is -2.45. The fourth-order valence-electron chi connectivity index (χ4n) is 1.69. The number of hydrogen-bond acceptors (Lipinski definition) is 2. The van der Waals surface area contributed by atoms with E-state index in [1.807, 2.05) is 12.1 Å². The predicted molar refractivity (Wildman–Crippen MR) is 70.7 cm³/mol. The van der Waals surface area contributed by atoms with E-state index < -0.39 is 0 Å². The maximum absolute atomic E-state index is 6.13. The van der Waals surface area contributed by atoms with Crippen molar-refractivity contribution in [2.45, 2.75) is 32.4 Å². The minimum Gasteiger partial charge on any atom is -0.324 e. The minimum atomic E-state index is -0.110. The summed E-state index contributed by atoms with van der Waals surface area (Å²) in [6.45, 7) is 6.01. The van der Waals surface area contributed by atoms with Crippen LogP contribution < -0.4 is 5.73 Å². The summed E-state index contributed by atoms with van der Waals surface area (Å²) in [5.74, 6) is 0. The first-order valence-electron chi connectivity index (χ1n) is 5.65. The van der Waals surface area contributed by atoms with E-state index in [0.717, 1.165) is 24.5 Å². The third-order valence-electron chi connectivity index (χ3n) is 2.80. The summed E-state index contributed by atoms with van der Waals surface area (Å²) in [7, 11) is 2.09. The lowest BCUT2D eigenvalue weighted by Gasteiger charge is -2.29. The van der Waals surface area contributed by atoms with Crippen molar-refractivity contribution in [2.75, 3.05) is 13.6 Å². The first-order chi connectivity index (χ1) is 7.43. The van der Waals surface area contributed by atoms with Crippen molar-refractivity contribution in [1.29, 1.82) is 0 Å². The molecule has 2 nitrogen and oxygen atoms in total. The maximum Gasteiger partial charge on any atom is 0.0406 e.